The lowest BCUT2D eigenvalue weighted by Crippen LogP contribution is -2.27. The Morgan fingerprint density at radius 3 is 2.54 bits per heavy atom. The number of carbonyl (C=O) groups excluding carboxylic acids is 3. The minimum atomic E-state index is -0.452. The second-order valence-electron chi connectivity index (χ2n) is 5.77. The fourth-order valence-corrected chi connectivity index (χ4v) is 2.64. The zero-order valence-corrected chi connectivity index (χ0v) is 15.6. The first kappa shape index (κ1) is 19.4. The summed E-state index contributed by atoms with van der Waals surface area (Å²) < 4.78 is 9.75. The van der Waals surface area contributed by atoms with Crippen LogP contribution >= 0.6 is 11.6 Å². The normalized spacial score (nSPS) is 10.5. The van der Waals surface area contributed by atoms with Crippen molar-refractivity contribution >= 4 is 46.2 Å². The van der Waals surface area contributed by atoms with Crippen molar-refractivity contribution in [3.05, 3.63) is 58.9 Å². The van der Waals surface area contributed by atoms with Crippen LogP contribution in [0, 0.1) is 0 Å². The van der Waals surface area contributed by atoms with Crippen molar-refractivity contribution in [3.8, 4) is 0 Å². The van der Waals surface area contributed by atoms with Crippen molar-refractivity contribution in [2.45, 2.75) is 6.42 Å². The van der Waals surface area contributed by atoms with Gasteiger partial charge in [-0.25, -0.2) is 4.79 Å². The second-order valence-corrected chi connectivity index (χ2v) is 6.10. The van der Waals surface area contributed by atoms with E-state index in [2.05, 4.69) is 20.4 Å². The summed E-state index contributed by atoms with van der Waals surface area (Å²) in [6.45, 7) is 0.155. The molecule has 0 aliphatic rings. The molecule has 9 heteroatoms. The maximum Gasteiger partial charge on any atom is 0.337 e. The smallest absolute Gasteiger partial charge is 0.337 e. The molecule has 0 radical (unpaired) electrons. The van der Waals surface area contributed by atoms with Crippen molar-refractivity contribution in [1.29, 1.82) is 0 Å². The molecule has 0 saturated heterocycles. The molecular weight excluding hydrogens is 386 g/mol. The fraction of sp³-hybridized carbons (Fsp3) is 0.158. The van der Waals surface area contributed by atoms with Gasteiger partial charge in [-0.2, -0.15) is 4.98 Å². The first-order chi connectivity index (χ1) is 13.5. The number of halogens is 1. The van der Waals surface area contributed by atoms with Crippen LogP contribution in [0.4, 0.5) is 5.69 Å². The highest BCUT2D eigenvalue weighted by atomic mass is 35.5. The Kier molecular flexibility index (Phi) is 5.90. The predicted octanol–water partition coefficient (Wildman–Crippen LogP) is 3.03. The van der Waals surface area contributed by atoms with Gasteiger partial charge >= 0.3 is 5.97 Å². The topological polar surface area (TPSA) is 111 Å². The number of oxazole rings is 1. The summed E-state index contributed by atoms with van der Waals surface area (Å²) >= 11 is 5.69. The number of benzene rings is 2. The minimum Gasteiger partial charge on any atom is -0.465 e. The van der Waals surface area contributed by atoms with Gasteiger partial charge in [-0.15, -0.1) is 0 Å². The number of hydrogen-bond acceptors (Lipinski definition) is 6. The Bertz CT molecular complexity index is 1030. The lowest BCUT2D eigenvalue weighted by Gasteiger charge is -2.07. The van der Waals surface area contributed by atoms with E-state index in [1.54, 1.807) is 42.5 Å². The molecule has 8 nitrogen and oxygen atoms in total. The number of anilines is 1. The van der Waals surface area contributed by atoms with Crippen LogP contribution < -0.4 is 10.6 Å². The number of fused-ring (bicyclic) bond motifs is 1. The van der Waals surface area contributed by atoms with Crippen LogP contribution in [0.25, 0.3) is 11.1 Å². The molecule has 0 fully saturated rings. The summed E-state index contributed by atoms with van der Waals surface area (Å²) in [6.07, 6.45) is 0.0858. The average Bonchev–Trinajstić information content (AvgIpc) is 3.07. The van der Waals surface area contributed by atoms with Gasteiger partial charge in [0.2, 0.25) is 5.91 Å². The minimum absolute atomic E-state index is 0.00356. The van der Waals surface area contributed by atoms with Gasteiger partial charge in [0.1, 0.15) is 5.52 Å². The number of aromatic nitrogens is 1. The summed E-state index contributed by atoms with van der Waals surface area (Å²) in [5.41, 5.74) is 2.27. The standard InChI is InChI=1S/C19H16ClN3O5/c1-27-18(26)11-2-5-13(6-3-11)22-16(24)8-9-21-17(25)12-4-7-15-14(10-12)23-19(20)28-15/h2-7,10H,8-9H2,1H3,(H,21,25)(H,22,24). The van der Waals surface area contributed by atoms with Crippen LogP contribution in [0.5, 0.6) is 0 Å². The zero-order chi connectivity index (χ0) is 20.1. The highest BCUT2D eigenvalue weighted by Crippen LogP contribution is 2.20. The molecule has 3 rings (SSSR count). The average molecular weight is 402 g/mol. The Morgan fingerprint density at radius 2 is 1.82 bits per heavy atom. The van der Waals surface area contributed by atoms with Crippen LogP contribution in [-0.4, -0.2) is 36.4 Å². The van der Waals surface area contributed by atoms with Crippen molar-refractivity contribution < 1.29 is 23.5 Å². The lowest BCUT2D eigenvalue weighted by atomic mass is 10.2. The number of methoxy groups -OCH3 is 1. The fourth-order valence-electron chi connectivity index (χ4n) is 2.46. The maximum atomic E-state index is 12.2. The summed E-state index contributed by atoms with van der Waals surface area (Å²) in [7, 11) is 1.30. The molecule has 0 aliphatic heterocycles. The molecule has 0 unspecified atom stereocenters. The Hall–Kier alpha value is -3.39. The molecule has 0 atom stereocenters. The Morgan fingerprint density at radius 1 is 1.11 bits per heavy atom. The van der Waals surface area contributed by atoms with E-state index in [1.807, 2.05) is 0 Å². The van der Waals surface area contributed by atoms with Crippen molar-refractivity contribution in [1.82, 2.24) is 10.3 Å². The molecule has 0 bridgehead atoms. The van der Waals surface area contributed by atoms with E-state index in [4.69, 9.17) is 16.0 Å². The monoisotopic (exact) mass is 401 g/mol. The number of hydrogen-bond donors (Lipinski definition) is 2. The van der Waals surface area contributed by atoms with E-state index < -0.39 is 5.97 Å². The van der Waals surface area contributed by atoms with Crippen molar-refractivity contribution in [3.63, 3.8) is 0 Å². The SMILES string of the molecule is COC(=O)c1ccc(NC(=O)CCNC(=O)c2ccc3oc(Cl)nc3c2)cc1. The van der Waals surface area contributed by atoms with Gasteiger partial charge in [0.25, 0.3) is 11.3 Å². The number of ether oxygens (including phenoxy) is 1. The second kappa shape index (κ2) is 8.53. The van der Waals surface area contributed by atoms with E-state index >= 15 is 0 Å². The Balaban J connectivity index is 1.48. The predicted molar refractivity (Wildman–Crippen MR) is 102 cm³/mol. The summed E-state index contributed by atoms with van der Waals surface area (Å²) in [4.78, 5) is 39.5. The van der Waals surface area contributed by atoms with Crippen molar-refractivity contribution in [2.75, 3.05) is 19.0 Å². The quantitative estimate of drug-likeness (QED) is 0.614. The highest BCUT2D eigenvalue weighted by Gasteiger charge is 2.11. The van der Waals surface area contributed by atoms with E-state index in [1.165, 1.54) is 7.11 Å². The van der Waals surface area contributed by atoms with Gasteiger partial charge in [0.15, 0.2) is 5.58 Å². The molecule has 2 aromatic carbocycles. The number of carbonyl (C=O) groups is 3. The van der Waals surface area contributed by atoms with E-state index in [0.29, 0.717) is 27.9 Å². The van der Waals surface area contributed by atoms with E-state index in [9.17, 15) is 14.4 Å². The molecule has 0 spiro atoms. The van der Waals surface area contributed by atoms with Gasteiger partial charge in [0, 0.05) is 24.2 Å². The zero-order valence-electron chi connectivity index (χ0n) is 14.8. The van der Waals surface area contributed by atoms with Gasteiger partial charge < -0.3 is 19.8 Å². The maximum absolute atomic E-state index is 12.2. The molecular formula is C19H16ClN3O5. The first-order valence-corrected chi connectivity index (χ1v) is 8.66. The summed E-state index contributed by atoms with van der Waals surface area (Å²) in [6, 6.07) is 11.0. The molecule has 3 aromatic rings. The van der Waals surface area contributed by atoms with Crippen LogP contribution in [0.2, 0.25) is 5.35 Å². The van der Waals surface area contributed by atoms with Crippen LogP contribution in [0.1, 0.15) is 27.1 Å². The third-order valence-corrected chi connectivity index (χ3v) is 4.01. The summed E-state index contributed by atoms with van der Waals surface area (Å²) in [5, 5.41) is 5.36. The highest BCUT2D eigenvalue weighted by molar-refractivity contribution is 6.28. The largest absolute Gasteiger partial charge is 0.465 e. The van der Waals surface area contributed by atoms with Crippen LogP contribution in [-0.2, 0) is 9.53 Å². The molecule has 0 saturated carbocycles. The number of amides is 2. The third kappa shape index (κ3) is 4.66. The number of nitrogens with one attached hydrogen (secondary N) is 2. The molecule has 1 aromatic heterocycles. The lowest BCUT2D eigenvalue weighted by molar-refractivity contribution is -0.116. The summed E-state index contributed by atoms with van der Waals surface area (Å²) in [5.74, 6) is -1.06. The van der Waals surface area contributed by atoms with Crippen molar-refractivity contribution in [2.24, 2.45) is 0 Å². The molecule has 144 valence electrons. The first-order valence-electron chi connectivity index (χ1n) is 8.29. The molecule has 0 aliphatic carbocycles. The van der Waals surface area contributed by atoms with Crippen LogP contribution in [0.3, 0.4) is 0 Å². The number of esters is 1. The van der Waals surface area contributed by atoms with E-state index in [0.717, 1.165) is 0 Å². The third-order valence-electron chi connectivity index (χ3n) is 3.85. The Labute approximate surface area is 164 Å². The van der Waals surface area contributed by atoms with Crippen LogP contribution in [0.15, 0.2) is 46.9 Å². The molecule has 2 N–H and O–H groups in total. The molecule has 28 heavy (non-hydrogen) atoms. The molecule has 2 amide bonds. The van der Waals surface area contributed by atoms with Gasteiger partial charge in [0.05, 0.1) is 12.7 Å². The molecule has 1 heterocycles. The van der Waals surface area contributed by atoms with E-state index in [-0.39, 0.29) is 30.1 Å². The van der Waals surface area contributed by atoms with Gasteiger partial charge in [-0.3, -0.25) is 9.59 Å². The van der Waals surface area contributed by atoms with Gasteiger partial charge in [-0.05, 0) is 54.1 Å². The number of nitrogens with zero attached hydrogens (tertiary/aromatic N) is 1. The van der Waals surface area contributed by atoms with Gasteiger partial charge in [-0.1, -0.05) is 0 Å². The number of rotatable bonds is 6.